The quantitative estimate of drug-likeness (QED) is 0.568. The third-order valence-electron chi connectivity index (χ3n) is 6.41. The summed E-state index contributed by atoms with van der Waals surface area (Å²) in [5, 5.41) is 5.81. The van der Waals surface area contributed by atoms with Gasteiger partial charge in [-0.05, 0) is 47.5 Å². The molecule has 0 aliphatic carbocycles. The highest BCUT2D eigenvalue weighted by molar-refractivity contribution is 6.11. The van der Waals surface area contributed by atoms with Gasteiger partial charge in [0.15, 0.2) is 11.5 Å². The number of nitrogens with one attached hydrogen (secondary N) is 2. The molecule has 2 amide bonds. The molecule has 1 saturated heterocycles. The number of para-hydroxylation sites is 1. The summed E-state index contributed by atoms with van der Waals surface area (Å²) in [6.07, 6.45) is 0. The van der Waals surface area contributed by atoms with Gasteiger partial charge in [0.05, 0.1) is 38.7 Å². The van der Waals surface area contributed by atoms with Crippen molar-refractivity contribution in [2.75, 3.05) is 50.7 Å². The van der Waals surface area contributed by atoms with Gasteiger partial charge in [0.25, 0.3) is 11.8 Å². The SMILES string of the molecule is COc1cccc(-c2ccc(NC(=O)c3ccc(N4CCOCC4)cc3)c3c2CNC3=O)c1OC. The van der Waals surface area contributed by atoms with Crippen LogP contribution in [0.15, 0.2) is 54.6 Å². The fourth-order valence-electron chi connectivity index (χ4n) is 4.64. The Morgan fingerprint density at radius 1 is 0.971 bits per heavy atom. The maximum Gasteiger partial charge on any atom is 0.255 e. The van der Waals surface area contributed by atoms with E-state index in [2.05, 4.69) is 15.5 Å². The number of hydrogen-bond donors (Lipinski definition) is 2. The van der Waals surface area contributed by atoms with Gasteiger partial charge in [0.2, 0.25) is 0 Å². The normalized spacial score (nSPS) is 14.8. The number of morpholine rings is 1. The molecule has 0 unspecified atom stereocenters. The average Bonchev–Trinajstić information content (AvgIpc) is 3.31. The van der Waals surface area contributed by atoms with E-state index in [9.17, 15) is 9.59 Å². The lowest BCUT2D eigenvalue weighted by Crippen LogP contribution is -2.36. The molecular formula is C27H27N3O5. The minimum absolute atomic E-state index is 0.221. The maximum atomic E-state index is 13.0. The minimum Gasteiger partial charge on any atom is -0.493 e. The van der Waals surface area contributed by atoms with E-state index < -0.39 is 0 Å². The van der Waals surface area contributed by atoms with E-state index in [0.717, 1.165) is 35.5 Å². The number of fused-ring (bicyclic) bond motifs is 1. The average molecular weight is 474 g/mol. The zero-order valence-electron chi connectivity index (χ0n) is 19.7. The number of ether oxygens (including phenoxy) is 3. The molecule has 2 heterocycles. The van der Waals surface area contributed by atoms with Gasteiger partial charge < -0.3 is 29.7 Å². The third-order valence-corrected chi connectivity index (χ3v) is 6.41. The molecular weight excluding hydrogens is 446 g/mol. The van der Waals surface area contributed by atoms with E-state index in [1.807, 2.05) is 36.4 Å². The van der Waals surface area contributed by atoms with Crippen LogP contribution in [-0.4, -0.2) is 52.3 Å². The van der Waals surface area contributed by atoms with Crippen molar-refractivity contribution in [1.82, 2.24) is 5.32 Å². The molecule has 180 valence electrons. The van der Waals surface area contributed by atoms with E-state index in [0.29, 0.717) is 48.1 Å². The molecule has 0 radical (unpaired) electrons. The van der Waals surface area contributed by atoms with Crippen molar-refractivity contribution >= 4 is 23.2 Å². The number of carbonyl (C=O) groups excluding carboxylic acids is 2. The lowest BCUT2D eigenvalue weighted by atomic mass is 9.94. The van der Waals surface area contributed by atoms with Crippen LogP contribution in [0, 0.1) is 0 Å². The van der Waals surface area contributed by atoms with Gasteiger partial charge in [0.1, 0.15) is 0 Å². The predicted octanol–water partition coefficient (Wildman–Crippen LogP) is 3.70. The molecule has 0 atom stereocenters. The van der Waals surface area contributed by atoms with E-state index in [4.69, 9.17) is 14.2 Å². The van der Waals surface area contributed by atoms with Crippen LogP contribution in [0.5, 0.6) is 11.5 Å². The summed E-state index contributed by atoms with van der Waals surface area (Å²) in [7, 11) is 3.17. The summed E-state index contributed by atoms with van der Waals surface area (Å²) in [5.74, 6) is 0.705. The van der Waals surface area contributed by atoms with Crippen molar-refractivity contribution in [3.8, 4) is 22.6 Å². The van der Waals surface area contributed by atoms with Gasteiger partial charge in [-0.2, -0.15) is 0 Å². The smallest absolute Gasteiger partial charge is 0.255 e. The highest BCUT2D eigenvalue weighted by atomic mass is 16.5. The Balaban J connectivity index is 1.43. The Morgan fingerprint density at radius 2 is 1.74 bits per heavy atom. The number of rotatable bonds is 6. The Labute approximate surface area is 203 Å². The molecule has 0 bridgehead atoms. The summed E-state index contributed by atoms with van der Waals surface area (Å²) < 4.78 is 16.4. The van der Waals surface area contributed by atoms with Crippen LogP contribution >= 0.6 is 0 Å². The first-order chi connectivity index (χ1) is 17.1. The first kappa shape index (κ1) is 22.7. The summed E-state index contributed by atoms with van der Waals surface area (Å²) in [6.45, 7) is 3.43. The lowest BCUT2D eigenvalue weighted by molar-refractivity contribution is 0.0966. The molecule has 8 nitrogen and oxygen atoms in total. The van der Waals surface area contributed by atoms with Gasteiger partial charge >= 0.3 is 0 Å². The van der Waals surface area contributed by atoms with Gasteiger partial charge in [0, 0.05) is 36.4 Å². The van der Waals surface area contributed by atoms with E-state index in [1.54, 1.807) is 32.4 Å². The summed E-state index contributed by atoms with van der Waals surface area (Å²) in [6, 6.07) is 16.8. The van der Waals surface area contributed by atoms with Crippen LogP contribution in [-0.2, 0) is 11.3 Å². The number of amides is 2. The standard InChI is InChI=1S/C27H27N3O5/c1-33-23-5-3-4-20(25(23)34-2)19-10-11-22(24-21(19)16-28-27(24)32)29-26(31)17-6-8-18(9-7-17)30-12-14-35-15-13-30/h3-11H,12-16H2,1-2H3,(H,28,32)(H,29,31). The van der Waals surface area contributed by atoms with E-state index in [1.165, 1.54) is 0 Å². The summed E-state index contributed by atoms with van der Waals surface area (Å²) >= 11 is 0. The molecule has 2 N–H and O–H groups in total. The second-order valence-corrected chi connectivity index (χ2v) is 8.34. The van der Waals surface area contributed by atoms with Gasteiger partial charge in [-0.15, -0.1) is 0 Å². The van der Waals surface area contributed by atoms with E-state index >= 15 is 0 Å². The molecule has 1 fully saturated rings. The number of benzene rings is 3. The van der Waals surface area contributed by atoms with Crippen molar-refractivity contribution in [3.63, 3.8) is 0 Å². The fraction of sp³-hybridized carbons (Fsp3) is 0.259. The monoisotopic (exact) mass is 473 g/mol. The van der Waals surface area contributed by atoms with Crippen molar-refractivity contribution < 1.29 is 23.8 Å². The highest BCUT2D eigenvalue weighted by Gasteiger charge is 2.28. The number of carbonyl (C=O) groups is 2. The molecule has 2 aliphatic rings. The molecule has 0 spiro atoms. The van der Waals surface area contributed by atoms with Crippen molar-refractivity contribution in [2.45, 2.75) is 6.54 Å². The zero-order valence-corrected chi connectivity index (χ0v) is 19.7. The second-order valence-electron chi connectivity index (χ2n) is 8.34. The number of hydrogen-bond acceptors (Lipinski definition) is 6. The minimum atomic E-state index is -0.271. The summed E-state index contributed by atoms with van der Waals surface area (Å²) in [4.78, 5) is 28.0. The van der Waals surface area contributed by atoms with Gasteiger partial charge in [-0.25, -0.2) is 0 Å². The van der Waals surface area contributed by atoms with Crippen LogP contribution in [0.3, 0.4) is 0 Å². The Bertz CT molecular complexity index is 1270. The Morgan fingerprint density at radius 3 is 2.46 bits per heavy atom. The fourth-order valence-corrected chi connectivity index (χ4v) is 4.64. The van der Waals surface area contributed by atoms with Gasteiger partial charge in [-0.1, -0.05) is 18.2 Å². The Hall–Kier alpha value is -4.04. The van der Waals surface area contributed by atoms with Gasteiger partial charge in [-0.3, -0.25) is 9.59 Å². The molecule has 3 aromatic carbocycles. The molecule has 35 heavy (non-hydrogen) atoms. The van der Waals surface area contributed by atoms with Crippen LogP contribution < -0.4 is 25.0 Å². The second kappa shape index (κ2) is 9.68. The lowest BCUT2D eigenvalue weighted by Gasteiger charge is -2.28. The summed E-state index contributed by atoms with van der Waals surface area (Å²) in [5.41, 5.74) is 4.99. The van der Waals surface area contributed by atoms with Crippen LogP contribution in [0.25, 0.3) is 11.1 Å². The molecule has 8 heteroatoms. The number of anilines is 2. The predicted molar refractivity (Wildman–Crippen MR) is 134 cm³/mol. The van der Waals surface area contributed by atoms with Crippen LogP contribution in [0.2, 0.25) is 0 Å². The molecule has 0 saturated carbocycles. The van der Waals surface area contributed by atoms with Crippen molar-refractivity contribution in [1.29, 1.82) is 0 Å². The highest BCUT2D eigenvalue weighted by Crippen LogP contribution is 2.42. The molecule has 2 aliphatic heterocycles. The number of nitrogens with zero attached hydrogens (tertiary/aromatic N) is 1. The van der Waals surface area contributed by atoms with Crippen molar-refractivity contribution in [3.05, 3.63) is 71.3 Å². The zero-order chi connectivity index (χ0) is 24.4. The van der Waals surface area contributed by atoms with Crippen molar-refractivity contribution in [2.24, 2.45) is 0 Å². The Kier molecular flexibility index (Phi) is 6.29. The first-order valence-corrected chi connectivity index (χ1v) is 11.5. The molecule has 5 rings (SSSR count). The maximum absolute atomic E-state index is 13.0. The van der Waals surface area contributed by atoms with Crippen LogP contribution in [0.1, 0.15) is 26.3 Å². The third kappa shape index (κ3) is 4.28. The molecule has 0 aromatic heterocycles. The van der Waals surface area contributed by atoms with Crippen LogP contribution in [0.4, 0.5) is 11.4 Å². The largest absolute Gasteiger partial charge is 0.493 e. The first-order valence-electron chi connectivity index (χ1n) is 11.5. The number of methoxy groups -OCH3 is 2. The van der Waals surface area contributed by atoms with E-state index in [-0.39, 0.29) is 11.8 Å². The topological polar surface area (TPSA) is 89.1 Å². The molecule has 3 aromatic rings.